The van der Waals surface area contributed by atoms with Crippen molar-refractivity contribution in [2.45, 2.75) is 13.5 Å². The molecular formula is C10H9BrClN3O. The Kier molecular flexibility index (Phi) is 3.46. The van der Waals surface area contributed by atoms with E-state index in [1.165, 1.54) is 0 Å². The normalized spacial score (nSPS) is 10.4. The summed E-state index contributed by atoms with van der Waals surface area (Å²) in [5.41, 5.74) is 2.40. The molecule has 0 aliphatic heterocycles. The molecule has 6 heteroatoms. The Morgan fingerprint density at radius 1 is 1.44 bits per heavy atom. The Labute approximate surface area is 106 Å². The van der Waals surface area contributed by atoms with Crippen molar-refractivity contribution in [3.05, 3.63) is 39.1 Å². The molecule has 0 aliphatic rings. The summed E-state index contributed by atoms with van der Waals surface area (Å²) in [4.78, 5) is 0. The van der Waals surface area contributed by atoms with Gasteiger partial charge in [0.15, 0.2) is 0 Å². The van der Waals surface area contributed by atoms with E-state index in [9.17, 15) is 0 Å². The summed E-state index contributed by atoms with van der Waals surface area (Å²) in [7, 11) is 0. The van der Waals surface area contributed by atoms with Crippen molar-refractivity contribution in [3.8, 4) is 0 Å². The van der Waals surface area contributed by atoms with Crippen molar-refractivity contribution < 1.29 is 4.63 Å². The van der Waals surface area contributed by atoms with Gasteiger partial charge in [0.1, 0.15) is 11.4 Å². The van der Waals surface area contributed by atoms with E-state index in [-0.39, 0.29) is 0 Å². The van der Waals surface area contributed by atoms with Gasteiger partial charge in [-0.2, -0.15) is 0 Å². The molecule has 1 heterocycles. The van der Waals surface area contributed by atoms with Crippen LogP contribution in [0.2, 0.25) is 5.02 Å². The van der Waals surface area contributed by atoms with E-state index in [1.807, 2.05) is 25.1 Å². The lowest BCUT2D eigenvalue weighted by Crippen LogP contribution is -2.01. The predicted octanol–water partition coefficient (Wildman–Crippen LogP) is 3.41. The van der Waals surface area contributed by atoms with Gasteiger partial charge in [0.05, 0.1) is 17.3 Å². The predicted molar refractivity (Wildman–Crippen MR) is 65.5 cm³/mol. The lowest BCUT2D eigenvalue weighted by Gasteiger charge is -2.06. The molecule has 4 nitrogen and oxygen atoms in total. The van der Waals surface area contributed by atoms with Gasteiger partial charge in [0.25, 0.3) is 0 Å². The first kappa shape index (κ1) is 11.4. The van der Waals surface area contributed by atoms with Gasteiger partial charge in [-0.25, -0.2) is 4.63 Å². The molecular weight excluding hydrogens is 293 g/mol. The van der Waals surface area contributed by atoms with Gasteiger partial charge in [-0.1, -0.05) is 37.8 Å². The molecule has 0 saturated carbocycles. The quantitative estimate of drug-likeness (QED) is 0.944. The lowest BCUT2D eigenvalue weighted by atomic mass is 10.3. The number of benzene rings is 1. The van der Waals surface area contributed by atoms with E-state index in [0.29, 0.717) is 11.6 Å². The zero-order valence-electron chi connectivity index (χ0n) is 8.50. The van der Waals surface area contributed by atoms with Gasteiger partial charge in [0.2, 0.25) is 0 Å². The van der Waals surface area contributed by atoms with Crippen LogP contribution in [-0.4, -0.2) is 10.3 Å². The third kappa shape index (κ3) is 2.54. The Morgan fingerprint density at radius 3 is 2.94 bits per heavy atom. The van der Waals surface area contributed by atoms with Gasteiger partial charge in [-0.15, -0.1) is 0 Å². The van der Waals surface area contributed by atoms with Gasteiger partial charge >= 0.3 is 0 Å². The van der Waals surface area contributed by atoms with Crippen molar-refractivity contribution in [1.82, 2.24) is 10.3 Å². The summed E-state index contributed by atoms with van der Waals surface area (Å²) in [6, 6.07) is 5.61. The molecule has 0 atom stereocenters. The van der Waals surface area contributed by atoms with Crippen molar-refractivity contribution in [3.63, 3.8) is 0 Å². The minimum Gasteiger partial charge on any atom is -0.378 e. The first-order valence-corrected chi connectivity index (χ1v) is 5.81. The third-order valence-corrected chi connectivity index (χ3v) is 2.94. The third-order valence-electron chi connectivity index (χ3n) is 2.12. The van der Waals surface area contributed by atoms with Crippen LogP contribution >= 0.6 is 27.5 Å². The summed E-state index contributed by atoms with van der Waals surface area (Å²) in [6.45, 7) is 2.38. The van der Waals surface area contributed by atoms with Crippen molar-refractivity contribution in [1.29, 1.82) is 0 Å². The fraction of sp³-hybridized carbons (Fsp3) is 0.200. The number of anilines is 1. The SMILES string of the molecule is Cc1nonc1CNc1cc(Br)ccc1Cl. The maximum Gasteiger partial charge on any atom is 0.127 e. The van der Waals surface area contributed by atoms with Crippen molar-refractivity contribution in [2.75, 3.05) is 5.32 Å². The molecule has 0 spiro atoms. The Morgan fingerprint density at radius 2 is 2.25 bits per heavy atom. The van der Waals surface area contributed by atoms with Crippen LogP contribution < -0.4 is 5.32 Å². The second-order valence-corrected chi connectivity index (χ2v) is 4.60. The molecule has 2 rings (SSSR count). The van der Waals surface area contributed by atoms with Crippen LogP contribution in [0.3, 0.4) is 0 Å². The Balaban J connectivity index is 2.10. The van der Waals surface area contributed by atoms with Crippen LogP contribution in [0.25, 0.3) is 0 Å². The first-order chi connectivity index (χ1) is 7.66. The van der Waals surface area contributed by atoms with Crippen LogP contribution in [0.4, 0.5) is 5.69 Å². The fourth-order valence-corrected chi connectivity index (χ4v) is 1.77. The molecule has 0 bridgehead atoms. The molecule has 84 valence electrons. The molecule has 1 aromatic carbocycles. The van der Waals surface area contributed by atoms with Crippen molar-refractivity contribution >= 4 is 33.2 Å². The first-order valence-electron chi connectivity index (χ1n) is 4.64. The van der Waals surface area contributed by atoms with E-state index >= 15 is 0 Å². The van der Waals surface area contributed by atoms with Gasteiger partial charge in [0, 0.05) is 4.47 Å². The van der Waals surface area contributed by atoms with Gasteiger partial charge < -0.3 is 5.32 Å². The summed E-state index contributed by atoms with van der Waals surface area (Å²) >= 11 is 9.42. The lowest BCUT2D eigenvalue weighted by molar-refractivity contribution is 0.301. The van der Waals surface area contributed by atoms with E-state index in [2.05, 4.69) is 36.2 Å². The Bertz CT molecular complexity index is 501. The summed E-state index contributed by atoms with van der Waals surface area (Å²) in [5.74, 6) is 0. The molecule has 0 saturated heterocycles. The molecule has 0 amide bonds. The highest BCUT2D eigenvalue weighted by Gasteiger charge is 2.06. The number of aromatic nitrogens is 2. The number of aryl methyl sites for hydroxylation is 1. The van der Waals surface area contributed by atoms with Crippen molar-refractivity contribution in [2.24, 2.45) is 0 Å². The van der Waals surface area contributed by atoms with Crippen LogP contribution in [0.5, 0.6) is 0 Å². The summed E-state index contributed by atoms with van der Waals surface area (Å²) in [5, 5.41) is 11.3. The maximum absolute atomic E-state index is 6.03. The smallest absolute Gasteiger partial charge is 0.127 e. The number of hydrogen-bond acceptors (Lipinski definition) is 4. The zero-order chi connectivity index (χ0) is 11.5. The zero-order valence-corrected chi connectivity index (χ0v) is 10.8. The molecule has 16 heavy (non-hydrogen) atoms. The molecule has 0 aliphatic carbocycles. The highest BCUT2D eigenvalue weighted by Crippen LogP contribution is 2.26. The highest BCUT2D eigenvalue weighted by atomic mass is 79.9. The van der Waals surface area contributed by atoms with Crippen LogP contribution in [0.1, 0.15) is 11.4 Å². The van der Waals surface area contributed by atoms with Gasteiger partial charge in [-0.3, -0.25) is 0 Å². The van der Waals surface area contributed by atoms with E-state index in [1.54, 1.807) is 0 Å². The molecule has 1 N–H and O–H groups in total. The molecule has 2 aromatic rings. The largest absolute Gasteiger partial charge is 0.378 e. The monoisotopic (exact) mass is 301 g/mol. The molecule has 0 unspecified atom stereocenters. The molecule has 0 radical (unpaired) electrons. The average molecular weight is 303 g/mol. The highest BCUT2D eigenvalue weighted by molar-refractivity contribution is 9.10. The maximum atomic E-state index is 6.03. The average Bonchev–Trinajstić information content (AvgIpc) is 2.66. The standard InChI is InChI=1S/C10H9BrClN3O/c1-6-10(15-16-14-6)5-13-9-4-7(11)2-3-8(9)12/h2-4,13H,5H2,1H3. The minimum atomic E-state index is 0.533. The Hall–Kier alpha value is -1.07. The summed E-state index contributed by atoms with van der Waals surface area (Å²) in [6.07, 6.45) is 0. The molecule has 0 fully saturated rings. The summed E-state index contributed by atoms with van der Waals surface area (Å²) < 4.78 is 5.57. The van der Waals surface area contributed by atoms with E-state index < -0.39 is 0 Å². The number of rotatable bonds is 3. The number of nitrogens with zero attached hydrogens (tertiary/aromatic N) is 2. The second kappa shape index (κ2) is 4.84. The van der Waals surface area contributed by atoms with Crippen LogP contribution in [0, 0.1) is 6.92 Å². The van der Waals surface area contributed by atoms with Crippen LogP contribution in [0.15, 0.2) is 27.3 Å². The second-order valence-electron chi connectivity index (χ2n) is 3.27. The van der Waals surface area contributed by atoms with E-state index in [4.69, 9.17) is 11.6 Å². The number of hydrogen-bond donors (Lipinski definition) is 1. The topological polar surface area (TPSA) is 51.0 Å². The van der Waals surface area contributed by atoms with Gasteiger partial charge in [-0.05, 0) is 25.1 Å². The number of halogens is 2. The molecule has 1 aromatic heterocycles. The van der Waals surface area contributed by atoms with E-state index in [0.717, 1.165) is 21.5 Å². The number of nitrogens with one attached hydrogen (secondary N) is 1. The fourth-order valence-electron chi connectivity index (χ4n) is 1.22. The minimum absolute atomic E-state index is 0.533. The van der Waals surface area contributed by atoms with Crippen LogP contribution in [-0.2, 0) is 6.54 Å².